The van der Waals surface area contributed by atoms with E-state index < -0.39 is 0 Å². The van der Waals surface area contributed by atoms with Crippen molar-refractivity contribution in [1.29, 1.82) is 0 Å². The summed E-state index contributed by atoms with van der Waals surface area (Å²) in [5, 5.41) is 9.39. The molecule has 0 aliphatic carbocycles. The first-order valence-corrected chi connectivity index (χ1v) is 7.56. The molecule has 0 radical (unpaired) electrons. The van der Waals surface area contributed by atoms with E-state index >= 15 is 0 Å². The van der Waals surface area contributed by atoms with Crippen LogP contribution in [0.25, 0.3) is 0 Å². The molecule has 0 saturated carbocycles. The number of hydrogen-bond donors (Lipinski definition) is 1. The highest BCUT2D eigenvalue weighted by Gasteiger charge is 2.17. The smallest absolute Gasteiger partial charge is 0.133 e. The van der Waals surface area contributed by atoms with E-state index in [0.29, 0.717) is 24.5 Å². The lowest BCUT2D eigenvalue weighted by Crippen LogP contribution is -2.18. The van der Waals surface area contributed by atoms with Gasteiger partial charge in [-0.15, -0.1) is 0 Å². The van der Waals surface area contributed by atoms with Gasteiger partial charge in [-0.1, -0.05) is 47.0 Å². The number of aliphatic hydroxyl groups excluding tert-OH is 1. The van der Waals surface area contributed by atoms with Gasteiger partial charge in [0.1, 0.15) is 5.78 Å². The highest BCUT2D eigenvalue weighted by atomic mass is 16.3. The third kappa shape index (κ3) is 8.68. The van der Waals surface area contributed by atoms with Crippen LogP contribution in [0, 0.1) is 17.8 Å². The van der Waals surface area contributed by atoms with Gasteiger partial charge in [-0.05, 0) is 31.1 Å². The van der Waals surface area contributed by atoms with Crippen LogP contribution in [0.4, 0.5) is 0 Å². The van der Waals surface area contributed by atoms with Crippen molar-refractivity contribution in [1.82, 2.24) is 0 Å². The minimum Gasteiger partial charge on any atom is -0.393 e. The van der Waals surface area contributed by atoms with Crippen molar-refractivity contribution < 1.29 is 9.90 Å². The Morgan fingerprint density at radius 3 is 2.17 bits per heavy atom. The highest BCUT2D eigenvalue weighted by molar-refractivity contribution is 5.78. The van der Waals surface area contributed by atoms with Crippen molar-refractivity contribution in [3.05, 3.63) is 0 Å². The normalized spacial score (nSPS) is 18.1. The molecule has 0 fully saturated rings. The lowest BCUT2D eigenvalue weighted by atomic mass is 9.88. The molecule has 0 aromatic carbocycles. The zero-order chi connectivity index (χ0) is 14.1. The van der Waals surface area contributed by atoms with Crippen LogP contribution in [0.3, 0.4) is 0 Å². The fourth-order valence-electron chi connectivity index (χ4n) is 2.44. The Hall–Kier alpha value is -0.370. The van der Waals surface area contributed by atoms with Crippen molar-refractivity contribution in [2.24, 2.45) is 17.8 Å². The SMILES string of the molecule is CCCC[C@H](C)C[C@H](C)CC(=O)C[C@@H](C)[C@@H](C)O. The quantitative estimate of drug-likeness (QED) is 0.636. The van der Waals surface area contributed by atoms with Crippen molar-refractivity contribution in [3.63, 3.8) is 0 Å². The molecule has 108 valence electrons. The molecule has 0 aromatic rings. The third-order valence-electron chi connectivity index (χ3n) is 3.80. The van der Waals surface area contributed by atoms with Gasteiger partial charge in [-0.3, -0.25) is 4.79 Å². The molecular formula is C16H32O2. The summed E-state index contributed by atoms with van der Waals surface area (Å²) in [6, 6.07) is 0. The van der Waals surface area contributed by atoms with Crippen molar-refractivity contribution in [3.8, 4) is 0 Å². The van der Waals surface area contributed by atoms with Gasteiger partial charge < -0.3 is 5.11 Å². The van der Waals surface area contributed by atoms with Gasteiger partial charge in [-0.2, -0.15) is 0 Å². The van der Waals surface area contributed by atoms with E-state index in [1.165, 1.54) is 19.3 Å². The van der Waals surface area contributed by atoms with Gasteiger partial charge in [-0.25, -0.2) is 0 Å². The van der Waals surface area contributed by atoms with E-state index in [4.69, 9.17) is 0 Å². The first-order valence-electron chi connectivity index (χ1n) is 7.56. The van der Waals surface area contributed by atoms with Crippen molar-refractivity contribution in [2.45, 2.75) is 79.2 Å². The number of aliphatic hydroxyl groups is 1. The molecule has 0 aromatic heterocycles. The van der Waals surface area contributed by atoms with Crippen LogP contribution < -0.4 is 0 Å². The molecule has 0 aliphatic rings. The zero-order valence-electron chi connectivity index (χ0n) is 12.9. The second-order valence-corrected chi connectivity index (χ2v) is 6.25. The maximum Gasteiger partial charge on any atom is 0.133 e. The fraction of sp³-hybridized carbons (Fsp3) is 0.938. The number of Topliss-reactive ketones (excluding diaryl/α,β-unsaturated/α-hetero) is 1. The second-order valence-electron chi connectivity index (χ2n) is 6.25. The molecule has 4 atom stereocenters. The molecule has 0 spiro atoms. The Kier molecular flexibility index (Phi) is 9.35. The van der Waals surface area contributed by atoms with Crippen LogP contribution in [0.15, 0.2) is 0 Å². The number of rotatable bonds is 10. The molecule has 0 unspecified atom stereocenters. The van der Waals surface area contributed by atoms with Gasteiger partial charge in [0.25, 0.3) is 0 Å². The zero-order valence-corrected chi connectivity index (χ0v) is 12.9. The van der Waals surface area contributed by atoms with Crippen LogP contribution in [0.5, 0.6) is 0 Å². The van der Waals surface area contributed by atoms with Crippen LogP contribution in [-0.4, -0.2) is 17.0 Å². The Morgan fingerprint density at radius 2 is 1.67 bits per heavy atom. The monoisotopic (exact) mass is 256 g/mol. The van der Waals surface area contributed by atoms with E-state index in [2.05, 4.69) is 20.8 Å². The van der Waals surface area contributed by atoms with Crippen LogP contribution in [0.1, 0.15) is 73.1 Å². The van der Waals surface area contributed by atoms with Gasteiger partial charge in [0.05, 0.1) is 6.10 Å². The Labute approximate surface area is 113 Å². The van der Waals surface area contributed by atoms with Crippen LogP contribution in [-0.2, 0) is 4.79 Å². The minimum atomic E-state index is -0.382. The maximum absolute atomic E-state index is 11.9. The summed E-state index contributed by atoms with van der Waals surface area (Å²) in [6.45, 7) is 10.4. The number of ketones is 1. The largest absolute Gasteiger partial charge is 0.393 e. The lowest BCUT2D eigenvalue weighted by Gasteiger charge is -2.18. The van der Waals surface area contributed by atoms with Crippen molar-refractivity contribution >= 4 is 5.78 Å². The van der Waals surface area contributed by atoms with Gasteiger partial charge >= 0.3 is 0 Å². The van der Waals surface area contributed by atoms with Crippen molar-refractivity contribution in [2.75, 3.05) is 0 Å². The third-order valence-corrected chi connectivity index (χ3v) is 3.80. The summed E-state index contributed by atoms with van der Waals surface area (Å²) in [6.07, 6.45) is 5.78. The topological polar surface area (TPSA) is 37.3 Å². The van der Waals surface area contributed by atoms with E-state index in [1.54, 1.807) is 6.92 Å². The molecule has 0 rings (SSSR count). The predicted molar refractivity (Wildman–Crippen MR) is 77.6 cm³/mol. The summed E-state index contributed by atoms with van der Waals surface area (Å²) in [5.41, 5.74) is 0. The second kappa shape index (κ2) is 9.55. The van der Waals surface area contributed by atoms with Gasteiger partial charge in [0.15, 0.2) is 0 Å². The number of carbonyl (C=O) groups is 1. The summed E-state index contributed by atoms with van der Waals surface area (Å²) < 4.78 is 0. The maximum atomic E-state index is 11.9. The number of carbonyl (C=O) groups excluding carboxylic acids is 1. The summed E-state index contributed by atoms with van der Waals surface area (Å²) >= 11 is 0. The standard InChI is InChI=1S/C16H32O2/c1-6-7-8-12(2)9-13(3)10-16(18)11-14(4)15(5)17/h12-15,17H,6-11H2,1-5H3/t12-,13-,14+,15+/m0/s1. The average molecular weight is 256 g/mol. The summed E-state index contributed by atoms with van der Waals surface area (Å²) in [5.74, 6) is 1.59. The number of unbranched alkanes of at least 4 members (excludes halogenated alkanes) is 1. The molecule has 0 heterocycles. The predicted octanol–water partition coefficient (Wildman–Crippen LogP) is 4.21. The Balaban J connectivity index is 3.86. The molecule has 0 amide bonds. The highest BCUT2D eigenvalue weighted by Crippen LogP contribution is 2.21. The molecular weight excluding hydrogens is 224 g/mol. The molecule has 1 N–H and O–H groups in total. The minimum absolute atomic E-state index is 0.0854. The average Bonchev–Trinajstić information content (AvgIpc) is 2.25. The van der Waals surface area contributed by atoms with E-state index in [1.807, 2.05) is 6.92 Å². The number of hydrogen-bond acceptors (Lipinski definition) is 2. The van der Waals surface area contributed by atoms with Gasteiger partial charge in [0, 0.05) is 12.8 Å². The van der Waals surface area contributed by atoms with Gasteiger partial charge in [0.2, 0.25) is 0 Å². The lowest BCUT2D eigenvalue weighted by molar-refractivity contribution is -0.121. The Morgan fingerprint density at radius 1 is 1.06 bits per heavy atom. The van der Waals surface area contributed by atoms with E-state index in [9.17, 15) is 9.90 Å². The summed E-state index contributed by atoms with van der Waals surface area (Å²) in [7, 11) is 0. The molecule has 0 bridgehead atoms. The molecule has 0 aliphatic heterocycles. The molecule has 2 nitrogen and oxygen atoms in total. The van der Waals surface area contributed by atoms with Crippen LogP contribution in [0.2, 0.25) is 0 Å². The van der Waals surface area contributed by atoms with E-state index in [0.717, 1.165) is 12.3 Å². The fourth-order valence-corrected chi connectivity index (χ4v) is 2.44. The first-order chi connectivity index (χ1) is 8.36. The molecule has 0 saturated heterocycles. The first kappa shape index (κ1) is 17.6. The Bertz CT molecular complexity index is 223. The van der Waals surface area contributed by atoms with Crippen LogP contribution >= 0.6 is 0 Å². The molecule has 2 heteroatoms. The summed E-state index contributed by atoms with van der Waals surface area (Å²) in [4.78, 5) is 11.9. The van der Waals surface area contributed by atoms with E-state index in [-0.39, 0.29) is 12.0 Å². The molecule has 18 heavy (non-hydrogen) atoms.